The number of aromatic amines is 1. The third-order valence-corrected chi connectivity index (χ3v) is 2.93. The van der Waals surface area contributed by atoms with Gasteiger partial charge in [0.2, 0.25) is 11.9 Å². The minimum Gasteiger partial charge on any atom is -0.359 e. The second-order valence-electron chi connectivity index (χ2n) is 4.29. The predicted octanol–water partition coefficient (Wildman–Crippen LogP) is 0.675. The molecule has 1 amide bonds. The van der Waals surface area contributed by atoms with Gasteiger partial charge in [-0.15, -0.1) is 0 Å². The van der Waals surface area contributed by atoms with E-state index in [9.17, 15) is 4.79 Å². The van der Waals surface area contributed by atoms with Crippen LogP contribution in [0.4, 0.5) is 11.8 Å². The Morgan fingerprint density at radius 1 is 1.35 bits per heavy atom. The van der Waals surface area contributed by atoms with Crippen LogP contribution >= 0.6 is 0 Å². The van der Waals surface area contributed by atoms with Gasteiger partial charge in [-0.25, -0.2) is 4.98 Å². The van der Waals surface area contributed by atoms with E-state index in [1.54, 1.807) is 18.3 Å². The van der Waals surface area contributed by atoms with Gasteiger partial charge in [-0.2, -0.15) is 9.97 Å². The molecule has 2 heterocycles. The second kappa shape index (κ2) is 6.18. The Kier molecular flexibility index (Phi) is 4.34. The van der Waals surface area contributed by atoms with Crippen LogP contribution in [0.1, 0.15) is 13.8 Å². The number of hydrogen-bond donors (Lipinski definition) is 3. The molecular formula is C12H19N7O. The average Bonchev–Trinajstić information content (AvgIpc) is 2.92. The summed E-state index contributed by atoms with van der Waals surface area (Å²) in [6, 6.07) is 0. The summed E-state index contributed by atoms with van der Waals surface area (Å²) in [7, 11) is 1.76. The van der Waals surface area contributed by atoms with E-state index in [4.69, 9.17) is 0 Å². The van der Waals surface area contributed by atoms with Gasteiger partial charge in [0.1, 0.15) is 5.52 Å². The zero-order valence-electron chi connectivity index (χ0n) is 11.9. The number of carbonyl (C=O) groups excluding carboxylic acids is 1. The fourth-order valence-electron chi connectivity index (χ4n) is 1.67. The lowest BCUT2D eigenvalue weighted by Crippen LogP contribution is -2.32. The number of anilines is 2. The van der Waals surface area contributed by atoms with Crippen LogP contribution in [0, 0.1) is 0 Å². The quantitative estimate of drug-likeness (QED) is 0.718. The maximum Gasteiger partial charge on any atom is 0.241 e. The fourth-order valence-corrected chi connectivity index (χ4v) is 1.67. The molecule has 8 nitrogen and oxygen atoms in total. The number of amides is 1. The van der Waals surface area contributed by atoms with E-state index in [1.807, 2.05) is 13.8 Å². The number of imidazole rings is 1. The van der Waals surface area contributed by atoms with Gasteiger partial charge < -0.3 is 20.5 Å². The van der Waals surface area contributed by atoms with Crippen molar-refractivity contribution in [3.05, 3.63) is 6.33 Å². The van der Waals surface area contributed by atoms with Crippen LogP contribution in [0.5, 0.6) is 0 Å². The first kappa shape index (κ1) is 14.0. The van der Waals surface area contributed by atoms with Crippen LogP contribution in [0.3, 0.4) is 0 Å². The third kappa shape index (κ3) is 2.95. The molecule has 0 saturated carbocycles. The minimum atomic E-state index is 0.00350. The number of carbonyl (C=O) groups is 1. The molecule has 0 aromatic carbocycles. The summed E-state index contributed by atoms with van der Waals surface area (Å²) in [6.45, 7) is 5.46. The molecule has 20 heavy (non-hydrogen) atoms. The Bertz CT molecular complexity index is 595. The van der Waals surface area contributed by atoms with Gasteiger partial charge in [-0.3, -0.25) is 4.79 Å². The normalized spacial score (nSPS) is 10.6. The van der Waals surface area contributed by atoms with Crippen LogP contribution in [-0.2, 0) is 4.79 Å². The highest BCUT2D eigenvalue weighted by atomic mass is 16.2. The molecule has 0 fully saturated rings. The molecule has 0 spiro atoms. The lowest BCUT2D eigenvalue weighted by Gasteiger charge is -2.15. The van der Waals surface area contributed by atoms with Crippen LogP contribution in [-0.4, -0.2) is 57.4 Å². The Balaban J connectivity index is 2.19. The first-order chi connectivity index (χ1) is 9.65. The molecule has 108 valence electrons. The Hall–Kier alpha value is -2.38. The number of rotatable bonds is 6. The van der Waals surface area contributed by atoms with Crippen molar-refractivity contribution >= 4 is 28.8 Å². The number of likely N-dealkylation sites (N-methyl/N-ethyl adjacent to an activating group) is 1. The smallest absolute Gasteiger partial charge is 0.241 e. The van der Waals surface area contributed by atoms with Crippen LogP contribution in [0.15, 0.2) is 6.33 Å². The number of hydrogen-bond acceptors (Lipinski definition) is 6. The molecule has 0 atom stereocenters. The summed E-state index contributed by atoms with van der Waals surface area (Å²) in [5.74, 6) is 1.07. The lowest BCUT2D eigenvalue weighted by molar-refractivity contribution is -0.127. The maximum absolute atomic E-state index is 11.8. The van der Waals surface area contributed by atoms with Crippen molar-refractivity contribution < 1.29 is 4.79 Å². The van der Waals surface area contributed by atoms with Crippen molar-refractivity contribution in [1.29, 1.82) is 0 Å². The molecule has 0 radical (unpaired) electrons. The Morgan fingerprint density at radius 3 is 2.85 bits per heavy atom. The highest BCUT2D eigenvalue weighted by Gasteiger charge is 2.12. The number of fused-ring (bicyclic) bond motifs is 1. The molecule has 3 N–H and O–H groups in total. The highest BCUT2D eigenvalue weighted by molar-refractivity contribution is 5.87. The molecule has 0 unspecified atom stereocenters. The summed E-state index contributed by atoms with van der Waals surface area (Å²) in [5.41, 5.74) is 1.26. The van der Waals surface area contributed by atoms with E-state index < -0.39 is 0 Å². The summed E-state index contributed by atoms with van der Waals surface area (Å²) >= 11 is 0. The number of H-pyrrole nitrogens is 1. The third-order valence-electron chi connectivity index (χ3n) is 2.93. The van der Waals surface area contributed by atoms with E-state index in [2.05, 4.69) is 30.6 Å². The molecule has 8 heteroatoms. The van der Waals surface area contributed by atoms with E-state index in [0.29, 0.717) is 36.0 Å². The molecule has 0 aliphatic rings. The van der Waals surface area contributed by atoms with Gasteiger partial charge >= 0.3 is 0 Å². The van der Waals surface area contributed by atoms with Crippen molar-refractivity contribution in [3.63, 3.8) is 0 Å². The monoisotopic (exact) mass is 277 g/mol. The lowest BCUT2D eigenvalue weighted by atomic mass is 10.4. The van der Waals surface area contributed by atoms with Crippen LogP contribution in [0.2, 0.25) is 0 Å². The Morgan fingerprint density at radius 2 is 2.15 bits per heavy atom. The molecule has 0 bridgehead atoms. The van der Waals surface area contributed by atoms with E-state index in [-0.39, 0.29) is 12.5 Å². The van der Waals surface area contributed by atoms with Gasteiger partial charge in [0.05, 0.1) is 12.9 Å². The fraction of sp³-hybridized carbons (Fsp3) is 0.500. The molecule has 0 saturated heterocycles. The average molecular weight is 277 g/mol. The first-order valence-corrected chi connectivity index (χ1v) is 6.58. The molecule has 0 aliphatic heterocycles. The van der Waals surface area contributed by atoms with Gasteiger partial charge in [0, 0.05) is 20.1 Å². The van der Waals surface area contributed by atoms with Crippen molar-refractivity contribution in [2.24, 2.45) is 0 Å². The van der Waals surface area contributed by atoms with Crippen LogP contribution in [0.25, 0.3) is 11.2 Å². The van der Waals surface area contributed by atoms with E-state index in [0.717, 1.165) is 0 Å². The molecule has 2 aromatic rings. The van der Waals surface area contributed by atoms with Gasteiger partial charge in [0.15, 0.2) is 11.5 Å². The van der Waals surface area contributed by atoms with Crippen molar-refractivity contribution in [2.45, 2.75) is 13.8 Å². The van der Waals surface area contributed by atoms with E-state index >= 15 is 0 Å². The molecular weight excluding hydrogens is 258 g/mol. The van der Waals surface area contributed by atoms with Gasteiger partial charge in [-0.1, -0.05) is 0 Å². The highest BCUT2D eigenvalue weighted by Crippen LogP contribution is 2.18. The van der Waals surface area contributed by atoms with Gasteiger partial charge in [0.25, 0.3) is 0 Å². The molecule has 2 aromatic heterocycles. The SMILES string of the molecule is CCNc1nc(NCC(=O)N(C)CC)c2[nH]cnc2n1. The zero-order chi connectivity index (χ0) is 14.5. The molecule has 0 aliphatic carbocycles. The van der Waals surface area contributed by atoms with Crippen molar-refractivity contribution in [3.8, 4) is 0 Å². The van der Waals surface area contributed by atoms with Crippen molar-refractivity contribution in [2.75, 3.05) is 37.3 Å². The maximum atomic E-state index is 11.8. The summed E-state index contributed by atoms with van der Waals surface area (Å²) in [5, 5.41) is 6.07. The Labute approximate surface area is 117 Å². The summed E-state index contributed by atoms with van der Waals surface area (Å²) in [6.07, 6.45) is 1.56. The zero-order valence-corrected chi connectivity index (χ0v) is 11.9. The molecule has 2 rings (SSSR count). The summed E-state index contributed by atoms with van der Waals surface area (Å²) < 4.78 is 0. The predicted molar refractivity (Wildman–Crippen MR) is 77.6 cm³/mol. The van der Waals surface area contributed by atoms with E-state index in [1.165, 1.54) is 0 Å². The number of aromatic nitrogens is 4. The standard InChI is InChI=1S/C12H19N7O/c1-4-13-12-17-10(9-11(18-12)16-7-15-9)14-6-8(20)19(3)5-2/h7H,4-6H2,1-3H3,(H3,13,14,15,16,17,18). The second-order valence-corrected chi connectivity index (χ2v) is 4.29. The first-order valence-electron chi connectivity index (χ1n) is 6.58. The summed E-state index contributed by atoms with van der Waals surface area (Å²) in [4.78, 5) is 29.2. The number of nitrogens with one attached hydrogen (secondary N) is 3. The van der Waals surface area contributed by atoms with Gasteiger partial charge in [-0.05, 0) is 13.8 Å². The van der Waals surface area contributed by atoms with Crippen molar-refractivity contribution in [1.82, 2.24) is 24.8 Å². The van der Waals surface area contributed by atoms with Crippen LogP contribution < -0.4 is 10.6 Å². The largest absolute Gasteiger partial charge is 0.359 e. The number of nitrogens with zero attached hydrogens (tertiary/aromatic N) is 4. The minimum absolute atomic E-state index is 0.00350. The topological polar surface area (TPSA) is 98.8 Å².